The van der Waals surface area contributed by atoms with Gasteiger partial charge >= 0.3 is 0 Å². The van der Waals surface area contributed by atoms with Gasteiger partial charge < -0.3 is 14.7 Å². The Balaban J connectivity index is 1.94. The van der Waals surface area contributed by atoms with Crippen LogP contribution in [0, 0.1) is 0 Å². The highest BCUT2D eigenvalue weighted by atomic mass is 16.5. The maximum atomic E-state index is 10.3. The molecule has 0 radical (unpaired) electrons. The van der Waals surface area contributed by atoms with Gasteiger partial charge in [-0.2, -0.15) is 0 Å². The minimum absolute atomic E-state index is 0.135. The summed E-state index contributed by atoms with van der Waals surface area (Å²) in [6.45, 7) is 4.07. The lowest BCUT2D eigenvalue weighted by molar-refractivity contribution is 0.373. The standard InChI is InChI=1S/C21H22N2O2/c1-15-14-23(18-9-5-4-6-10-18)20(22-16(15)2)13-12-17-8-7-11-19(25-3)21(17)24/h4-14,20,24H,1-3H3. The fourth-order valence-electron chi connectivity index (χ4n) is 2.73. The summed E-state index contributed by atoms with van der Waals surface area (Å²) in [7, 11) is 1.54. The van der Waals surface area contributed by atoms with Crippen molar-refractivity contribution >= 4 is 17.5 Å². The number of nitrogens with zero attached hydrogens (tertiary/aromatic N) is 2. The number of methoxy groups -OCH3 is 1. The van der Waals surface area contributed by atoms with E-state index in [0.29, 0.717) is 11.3 Å². The summed E-state index contributed by atoms with van der Waals surface area (Å²) in [5, 5.41) is 10.3. The van der Waals surface area contributed by atoms with Gasteiger partial charge in [-0.25, -0.2) is 0 Å². The van der Waals surface area contributed by atoms with Crippen LogP contribution in [0.2, 0.25) is 0 Å². The molecule has 0 bridgehead atoms. The van der Waals surface area contributed by atoms with Crippen LogP contribution in [0.4, 0.5) is 5.69 Å². The van der Waals surface area contributed by atoms with Crippen LogP contribution < -0.4 is 9.64 Å². The molecule has 4 nitrogen and oxygen atoms in total. The van der Waals surface area contributed by atoms with Gasteiger partial charge in [-0.3, -0.25) is 4.99 Å². The number of hydrogen-bond acceptors (Lipinski definition) is 4. The fraction of sp³-hybridized carbons (Fsp3) is 0.190. The molecule has 3 rings (SSSR count). The van der Waals surface area contributed by atoms with Crippen molar-refractivity contribution in [3.63, 3.8) is 0 Å². The first-order chi connectivity index (χ1) is 12.1. The minimum atomic E-state index is -0.170. The van der Waals surface area contributed by atoms with Crippen molar-refractivity contribution in [1.82, 2.24) is 0 Å². The van der Waals surface area contributed by atoms with Crippen LogP contribution in [0.15, 0.2) is 71.4 Å². The number of phenolic OH excluding ortho intramolecular Hbond substituents is 1. The number of ether oxygens (including phenoxy) is 1. The average molecular weight is 334 g/mol. The van der Waals surface area contributed by atoms with Crippen LogP contribution >= 0.6 is 0 Å². The van der Waals surface area contributed by atoms with Gasteiger partial charge in [-0.05, 0) is 43.7 Å². The monoisotopic (exact) mass is 334 g/mol. The molecule has 0 saturated carbocycles. The first-order valence-electron chi connectivity index (χ1n) is 8.21. The summed E-state index contributed by atoms with van der Waals surface area (Å²) >= 11 is 0. The maximum absolute atomic E-state index is 10.3. The van der Waals surface area contributed by atoms with E-state index in [1.807, 2.05) is 49.4 Å². The van der Waals surface area contributed by atoms with Crippen molar-refractivity contribution in [2.24, 2.45) is 4.99 Å². The molecular formula is C21H22N2O2. The van der Waals surface area contributed by atoms with Gasteiger partial charge in [0.15, 0.2) is 11.5 Å². The van der Waals surface area contributed by atoms with Crippen LogP contribution in [0.5, 0.6) is 11.5 Å². The predicted molar refractivity (Wildman–Crippen MR) is 103 cm³/mol. The zero-order valence-electron chi connectivity index (χ0n) is 14.7. The molecule has 25 heavy (non-hydrogen) atoms. The number of benzene rings is 2. The summed E-state index contributed by atoms with van der Waals surface area (Å²) in [5.41, 5.74) is 3.92. The van der Waals surface area contributed by atoms with E-state index in [1.54, 1.807) is 13.2 Å². The van der Waals surface area contributed by atoms with Gasteiger partial charge in [0, 0.05) is 23.2 Å². The Bertz CT molecular complexity index is 838. The number of allylic oxidation sites excluding steroid dienone is 1. The second-order valence-corrected chi connectivity index (χ2v) is 5.94. The average Bonchev–Trinajstić information content (AvgIpc) is 2.64. The van der Waals surface area contributed by atoms with E-state index in [-0.39, 0.29) is 11.9 Å². The molecule has 128 valence electrons. The van der Waals surface area contributed by atoms with E-state index in [2.05, 4.69) is 30.2 Å². The molecule has 0 saturated heterocycles. The van der Waals surface area contributed by atoms with Gasteiger partial charge in [0.1, 0.15) is 6.17 Å². The lowest BCUT2D eigenvalue weighted by Gasteiger charge is -2.30. The maximum Gasteiger partial charge on any atom is 0.165 e. The Morgan fingerprint density at radius 3 is 2.56 bits per heavy atom. The third-order valence-electron chi connectivity index (χ3n) is 4.27. The van der Waals surface area contributed by atoms with E-state index >= 15 is 0 Å². The minimum Gasteiger partial charge on any atom is -0.504 e. The highest BCUT2D eigenvalue weighted by Crippen LogP contribution is 2.31. The molecule has 2 aromatic rings. The molecule has 0 spiro atoms. The molecule has 1 atom stereocenters. The van der Waals surface area contributed by atoms with Gasteiger partial charge in [0.2, 0.25) is 0 Å². The van der Waals surface area contributed by atoms with Crippen LogP contribution in [0.3, 0.4) is 0 Å². The van der Waals surface area contributed by atoms with Gasteiger partial charge in [0.05, 0.1) is 7.11 Å². The fourth-order valence-corrected chi connectivity index (χ4v) is 2.73. The number of hydrogen-bond donors (Lipinski definition) is 1. The number of phenols is 1. The van der Waals surface area contributed by atoms with Crippen LogP contribution in [-0.2, 0) is 0 Å². The highest BCUT2D eigenvalue weighted by molar-refractivity contribution is 5.99. The SMILES string of the molecule is COc1cccc(C=CC2N=C(C)C(C)=CN2c2ccccc2)c1O. The summed E-state index contributed by atoms with van der Waals surface area (Å²) in [5.74, 6) is 0.594. The number of para-hydroxylation sites is 2. The highest BCUT2D eigenvalue weighted by Gasteiger charge is 2.19. The summed E-state index contributed by atoms with van der Waals surface area (Å²) in [6, 6.07) is 15.6. The van der Waals surface area contributed by atoms with E-state index in [9.17, 15) is 5.11 Å². The summed E-state index contributed by atoms with van der Waals surface area (Å²) in [6.07, 6.45) is 5.80. The van der Waals surface area contributed by atoms with Crippen molar-refractivity contribution in [3.8, 4) is 11.5 Å². The van der Waals surface area contributed by atoms with Crippen molar-refractivity contribution in [3.05, 3.63) is 71.9 Å². The zero-order chi connectivity index (χ0) is 17.8. The molecule has 1 aliphatic rings. The predicted octanol–water partition coefficient (Wildman–Crippen LogP) is 4.63. The first kappa shape index (κ1) is 16.8. The molecule has 4 heteroatoms. The molecule has 1 aliphatic heterocycles. The Labute approximate surface area is 148 Å². The van der Waals surface area contributed by atoms with Crippen LogP contribution in [0.25, 0.3) is 6.08 Å². The smallest absolute Gasteiger partial charge is 0.165 e. The Morgan fingerprint density at radius 1 is 1.08 bits per heavy atom. The molecule has 1 unspecified atom stereocenters. The van der Waals surface area contributed by atoms with Gasteiger partial charge in [-0.15, -0.1) is 0 Å². The molecule has 0 fully saturated rings. The van der Waals surface area contributed by atoms with E-state index in [1.165, 1.54) is 0 Å². The number of aliphatic imine (C=N–C) groups is 1. The second kappa shape index (κ2) is 7.26. The molecular weight excluding hydrogens is 312 g/mol. The molecule has 2 aromatic carbocycles. The van der Waals surface area contributed by atoms with Crippen molar-refractivity contribution in [2.75, 3.05) is 12.0 Å². The molecule has 1 N–H and O–H groups in total. The van der Waals surface area contributed by atoms with Crippen LogP contribution in [-0.4, -0.2) is 24.1 Å². The van der Waals surface area contributed by atoms with Crippen LogP contribution in [0.1, 0.15) is 19.4 Å². The largest absolute Gasteiger partial charge is 0.504 e. The lowest BCUT2D eigenvalue weighted by Crippen LogP contribution is -2.32. The normalized spacial score (nSPS) is 17.4. The third kappa shape index (κ3) is 3.58. The van der Waals surface area contributed by atoms with Crippen molar-refractivity contribution in [2.45, 2.75) is 20.0 Å². The summed E-state index contributed by atoms with van der Waals surface area (Å²) in [4.78, 5) is 6.90. The molecule has 0 aromatic heterocycles. The number of aromatic hydroxyl groups is 1. The third-order valence-corrected chi connectivity index (χ3v) is 4.27. The topological polar surface area (TPSA) is 45.1 Å². The van der Waals surface area contributed by atoms with Gasteiger partial charge in [-0.1, -0.05) is 36.4 Å². The lowest BCUT2D eigenvalue weighted by atomic mass is 10.1. The van der Waals surface area contributed by atoms with E-state index in [0.717, 1.165) is 17.0 Å². The number of rotatable bonds is 4. The van der Waals surface area contributed by atoms with Crippen molar-refractivity contribution < 1.29 is 9.84 Å². The van der Waals surface area contributed by atoms with E-state index in [4.69, 9.17) is 9.73 Å². The first-order valence-corrected chi connectivity index (χ1v) is 8.21. The van der Waals surface area contributed by atoms with Crippen molar-refractivity contribution in [1.29, 1.82) is 0 Å². The number of anilines is 1. The quantitative estimate of drug-likeness (QED) is 0.887. The molecule has 0 amide bonds. The zero-order valence-corrected chi connectivity index (χ0v) is 14.7. The molecule has 1 heterocycles. The second-order valence-electron chi connectivity index (χ2n) is 5.94. The Morgan fingerprint density at radius 2 is 1.84 bits per heavy atom. The summed E-state index contributed by atoms with van der Waals surface area (Å²) < 4.78 is 5.17. The molecule has 0 aliphatic carbocycles. The Kier molecular flexibility index (Phi) is 4.89. The van der Waals surface area contributed by atoms with E-state index < -0.39 is 0 Å². The Hall–Kier alpha value is -3.01. The van der Waals surface area contributed by atoms with Gasteiger partial charge in [0.25, 0.3) is 0 Å².